The van der Waals surface area contributed by atoms with E-state index in [0.717, 1.165) is 11.5 Å². The van der Waals surface area contributed by atoms with E-state index in [1.165, 1.54) is 0 Å². The fourth-order valence-electron chi connectivity index (χ4n) is 1.58. The third-order valence-electron chi connectivity index (χ3n) is 2.50. The highest BCUT2D eigenvalue weighted by molar-refractivity contribution is 5.04. The lowest BCUT2D eigenvalue weighted by molar-refractivity contribution is 0.135. The smallest absolute Gasteiger partial charge is 0.106 e. The van der Waals surface area contributed by atoms with Gasteiger partial charge in [0, 0.05) is 18.9 Å². The van der Waals surface area contributed by atoms with Crippen LogP contribution in [0.4, 0.5) is 0 Å². The molecule has 0 aliphatic carbocycles. The molecule has 0 amide bonds. The van der Waals surface area contributed by atoms with Crippen LogP contribution >= 0.6 is 0 Å². The number of nitrogens with two attached hydrogens (primary N) is 1. The molecule has 2 unspecified atom stereocenters. The Morgan fingerprint density at radius 2 is 1.62 bits per heavy atom. The Hall–Kier alpha value is -1.52. The highest BCUT2D eigenvalue weighted by Crippen LogP contribution is 2.10. The van der Waals surface area contributed by atoms with Gasteiger partial charge in [0.1, 0.15) is 11.5 Å². The predicted molar refractivity (Wildman–Crippen MR) is 58.8 cm³/mol. The zero-order valence-electron chi connectivity index (χ0n) is 8.87. The number of hydrogen-bond acceptors (Lipinski definition) is 4. The zero-order valence-corrected chi connectivity index (χ0v) is 8.87. The molecular weight excluding hydrogens is 206 g/mol. The van der Waals surface area contributed by atoms with Crippen molar-refractivity contribution in [2.45, 2.75) is 25.0 Å². The van der Waals surface area contributed by atoms with Gasteiger partial charge in [-0.2, -0.15) is 0 Å². The first-order valence-corrected chi connectivity index (χ1v) is 5.24. The van der Waals surface area contributed by atoms with Crippen LogP contribution in [0.2, 0.25) is 0 Å². The lowest BCUT2D eigenvalue weighted by atomic mass is 10.0. The van der Waals surface area contributed by atoms with E-state index in [9.17, 15) is 5.11 Å². The monoisotopic (exact) mass is 221 g/mol. The van der Waals surface area contributed by atoms with Crippen molar-refractivity contribution in [1.82, 2.24) is 0 Å². The van der Waals surface area contributed by atoms with E-state index in [2.05, 4.69) is 0 Å². The van der Waals surface area contributed by atoms with Gasteiger partial charge >= 0.3 is 0 Å². The normalized spacial score (nSPS) is 14.9. The van der Waals surface area contributed by atoms with Crippen molar-refractivity contribution in [2.24, 2.45) is 5.73 Å². The van der Waals surface area contributed by atoms with Crippen molar-refractivity contribution < 1.29 is 13.9 Å². The SMILES string of the molecule is NC(Cc1ccco1)C(O)Cc1ccco1. The standard InChI is InChI=1S/C12H15NO3/c13-11(7-9-3-1-5-15-9)12(14)8-10-4-2-6-16-10/h1-6,11-12,14H,7-8,13H2. The molecule has 2 atom stereocenters. The average Bonchev–Trinajstić information content (AvgIpc) is 2.90. The first kappa shape index (κ1) is 11.0. The second-order valence-corrected chi connectivity index (χ2v) is 3.80. The Kier molecular flexibility index (Phi) is 3.44. The van der Waals surface area contributed by atoms with Crippen LogP contribution in [0.15, 0.2) is 45.6 Å². The van der Waals surface area contributed by atoms with E-state index < -0.39 is 6.10 Å². The topological polar surface area (TPSA) is 72.5 Å². The number of rotatable bonds is 5. The second kappa shape index (κ2) is 5.01. The molecule has 2 aromatic heterocycles. The molecule has 0 radical (unpaired) electrons. The summed E-state index contributed by atoms with van der Waals surface area (Å²) in [6, 6.07) is 6.92. The minimum Gasteiger partial charge on any atom is -0.469 e. The third kappa shape index (κ3) is 2.74. The van der Waals surface area contributed by atoms with Crippen molar-refractivity contribution in [3.05, 3.63) is 48.3 Å². The van der Waals surface area contributed by atoms with Crippen LogP contribution in [0.3, 0.4) is 0 Å². The van der Waals surface area contributed by atoms with E-state index in [1.54, 1.807) is 24.7 Å². The molecule has 0 bridgehead atoms. The lowest BCUT2D eigenvalue weighted by Crippen LogP contribution is -2.37. The predicted octanol–water partition coefficient (Wildman–Crippen LogP) is 1.35. The summed E-state index contributed by atoms with van der Waals surface area (Å²) in [6.07, 6.45) is 3.50. The van der Waals surface area contributed by atoms with Gasteiger partial charge in [0.2, 0.25) is 0 Å². The summed E-state index contributed by atoms with van der Waals surface area (Å²) >= 11 is 0. The van der Waals surface area contributed by atoms with E-state index in [1.807, 2.05) is 12.1 Å². The van der Waals surface area contributed by atoms with Crippen LogP contribution in [0.25, 0.3) is 0 Å². The van der Waals surface area contributed by atoms with Crippen molar-refractivity contribution in [1.29, 1.82) is 0 Å². The van der Waals surface area contributed by atoms with Gasteiger partial charge in [-0.1, -0.05) is 0 Å². The first-order chi connectivity index (χ1) is 7.75. The number of aliphatic hydroxyl groups is 1. The molecule has 2 aromatic rings. The van der Waals surface area contributed by atoms with Gasteiger partial charge < -0.3 is 19.7 Å². The van der Waals surface area contributed by atoms with Gasteiger partial charge in [-0.15, -0.1) is 0 Å². The summed E-state index contributed by atoms with van der Waals surface area (Å²) in [5.74, 6) is 1.52. The van der Waals surface area contributed by atoms with Gasteiger partial charge in [0.15, 0.2) is 0 Å². The summed E-state index contributed by atoms with van der Waals surface area (Å²) in [6.45, 7) is 0. The van der Waals surface area contributed by atoms with Crippen LogP contribution in [0.1, 0.15) is 11.5 Å². The minimum absolute atomic E-state index is 0.351. The van der Waals surface area contributed by atoms with E-state index >= 15 is 0 Å². The largest absolute Gasteiger partial charge is 0.469 e. The molecule has 0 saturated heterocycles. The molecule has 2 rings (SSSR count). The Morgan fingerprint density at radius 1 is 1.06 bits per heavy atom. The second-order valence-electron chi connectivity index (χ2n) is 3.80. The third-order valence-corrected chi connectivity index (χ3v) is 2.50. The fraction of sp³-hybridized carbons (Fsp3) is 0.333. The van der Waals surface area contributed by atoms with Gasteiger partial charge in [-0.3, -0.25) is 0 Å². The summed E-state index contributed by atoms with van der Waals surface area (Å²) in [5.41, 5.74) is 5.87. The van der Waals surface area contributed by atoms with Crippen LogP contribution in [-0.4, -0.2) is 17.3 Å². The molecule has 0 aliphatic heterocycles. The van der Waals surface area contributed by atoms with Crippen LogP contribution in [-0.2, 0) is 12.8 Å². The Bertz CT molecular complexity index is 354. The van der Waals surface area contributed by atoms with Crippen molar-refractivity contribution >= 4 is 0 Å². The molecule has 0 fully saturated rings. The molecule has 86 valence electrons. The van der Waals surface area contributed by atoms with Gasteiger partial charge in [0.25, 0.3) is 0 Å². The molecule has 4 heteroatoms. The van der Waals surface area contributed by atoms with E-state index in [-0.39, 0.29) is 6.04 Å². The lowest BCUT2D eigenvalue weighted by Gasteiger charge is -2.16. The Labute approximate surface area is 93.7 Å². The van der Waals surface area contributed by atoms with Crippen LogP contribution in [0.5, 0.6) is 0 Å². The summed E-state index contributed by atoms with van der Waals surface area (Å²) in [4.78, 5) is 0. The van der Waals surface area contributed by atoms with Gasteiger partial charge in [-0.05, 0) is 24.3 Å². The molecule has 2 heterocycles. The van der Waals surface area contributed by atoms with E-state index in [4.69, 9.17) is 14.6 Å². The number of furan rings is 2. The highest BCUT2D eigenvalue weighted by atomic mass is 16.3. The van der Waals surface area contributed by atoms with Gasteiger partial charge in [0.05, 0.1) is 18.6 Å². The maximum atomic E-state index is 9.86. The number of hydrogen-bond donors (Lipinski definition) is 2. The van der Waals surface area contributed by atoms with Crippen LogP contribution < -0.4 is 5.73 Å². The maximum Gasteiger partial charge on any atom is 0.106 e. The highest BCUT2D eigenvalue weighted by Gasteiger charge is 2.18. The molecule has 0 aromatic carbocycles. The van der Waals surface area contributed by atoms with Crippen molar-refractivity contribution in [3.8, 4) is 0 Å². The molecular formula is C12H15NO3. The number of aliphatic hydroxyl groups excluding tert-OH is 1. The summed E-state index contributed by atoms with van der Waals surface area (Å²) in [5, 5.41) is 9.86. The molecule has 0 saturated carbocycles. The average molecular weight is 221 g/mol. The fourth-order valence-corrected chi connectivity index (χ4v) is 1.58. The minimum atomic E-state index is -0.628. The molecule has 16 heavy (non-hydrogen) atoms. The first-order valence-electron chi connectivity index (χ1n) is 5.24. The van der Waals surface area contributed by atoms with Crippen LogP contribution in [0, 0.1) is 0 Å². The quantitative estimate of drug-likeness (QED) is 0.799. The Morgan fingerprint density at radius 3 is 2.12 bits per heavy atom. The molecule has 0 aliphatic rings. The Balaban J connectivity index is 1.87. The molecule has 3 N–H and O–H groups in total. The van der Waals surface area contributed by atoms with Gasteiger partial charge in [-0.25, -0.2) is 0 Å². The summed E-state index contributed by atoms with van der Waals surface area (Å²) < 4.78 is 10.3. The van der Waals surface area contributed by atoms with Crippen molar-refractivity contribution in [2.75, 3.05) is 0 Å². The van der Waals surface area contributed by atoms with E-state index in [0.29, 0.717) is 12.8 Å². The summed E-state index contributed by atoms with van der Waals surface area (Å²) in [7, 11) is 0. The zero-order chi connectivity index (χ0) is 11.4. The van der Waals surface area contributed by atoms with Crippen molar-refractivity contribution in [3.63, 3.8) is 0 Å². The molecule has 4 nitrogen and oxygen atoms in total. The maximum absolute atomic E-state index is 9.86. The molecule has 0 spiro atoms.